The number of nitrogens with zero attached hydrogens (tertiary/aromatic N) is 3. The second-order valence-electron chi connectivity index (χ2n) is 7.73. The lowest BCUT2D eigenvalue weighted by Crippen LogP contribution is -2.39. The van der Waals surface area contributed by atoms with Gasteiger partial charge in [-0.2, -0.15) is 0 Å². The van der Waals surface area contributed by atoms with E-state index in [0.717, 1.165) is 12.8 Å². The van der Waals surface area contributed by atoms with Gasteiger partial charge in [0.1, 0.15) is 5.69 Å². The molecule has 1 atom stereocenters. The van der Waals surface area contributed by atoms with Crippen LogP contribution in [-0.4, -0.2) is 48.7 Å². The molecule has 29 heavy (non-hydrogen) atoms. The molecule has 0 saturated carbocycles. The van der Waals surface area contributed by atoms with Crippen molar-refractivity contribution in [2.45, 2.75) is 19.8 Å². The zero-order valence-electron chi connectivity index (χ0n) is 16.9. The molecule has 0 aliphatic carbocycles. The normalized spacial score (nSPS) is 16.4. The third-order valence-electron chi connectivity index (χ3n) is 5.26. The third-order valence-corrected chi connectivity index (χ3v) is 5.26. The lowest BCUT2D eigenvalue weighted by molar-refractivity contribution is -0.384. The van der Waals surface area contributed by atoms with Gasteiger partial charge in [-0.05, 0) is 37.0 Å². The lowest BCUT2D eigenvalue weighted by atomic mass is 9.95. The van der Waals surface area contributed by atoms with Crippen LogP contribution in [0.1, 0.15) is 46.0 Å². The quantitative estimate of drug-likeness (QED) is 0.437. The van der Waals surface area contributed by atoms with Gasteiger partial charge in [-0.25, -0.2) is 0 Å². The SMILES string of the molecule is CC1CCCN(C(=O)c2ccccc2C(=O)c2ccc(N(C)C)c([N+](=O)[O-])c2)C1. The molecule has 0 spiro atoms. The topological polar surface area (TPSA) is 83.8 Å². The molecule has 0 radical (unpaired) electrons. The Morgan fingerprint density at radius 2 is 1.83 bits per heavy atom. The van der Waals surface area contributed by atoms with Gasteiger partial charge in [0.25, 0.3) is 11.6 Å². The Bertz CT molecular complexity index is 955. The van der Waals surface area contributed by atoms with Crippen molar-refractivity contribution in [1.82, 2.24) is 4.90 Å². The van der Waals surface area contributed by atoms with Crippen LogP contribution in [0.3, 0.4) is 0 Å². The van der Waals surface area contributed by atoms with Crippen LogP contribution >= 0.6 is 0 Å². The summed E-state index contributed by atoms with van der Waals surface area (Å²) in [6.45, 7) is 3.46. The summed E-state index contributed by atoms with van der Waals surface area (Å²) >= 11 is 0. The van der Waals surface area contributed by atoms with Gasteiger partial charge in [-0.1, -0.05) is 25.1 Å². The van der Waals surface area contributed by atoms with Gasteiger partial charge in [-0.3, -0.25) is 19.7 Å². The molecule has 152 valence electrons. The summed E-state index contributed by atoms with van der Waals surface area (Å²) in [5.41, 5.74) is 1.07. The molecule has 0 aromatic heterocycles. The summed E-state index contributed by atoms with van der Waals surface area (Å²) in [6, 6.07) is 11.1. The maximum absolute atomic E-state index is 13.2. The predicted molar refractivity (Wildman–Crippen MR) is 112 cm³/mol. The summed E-state index contributed by atoms with van der Waals surface area (Å²) in [7, 11) is 3.41. The number of ketones is 1. The standard InChI is InChI=1S/C22H25N3O4/c1-15-7-6-12-24(14-15)22(27)18-9-5-4-8-17(18)21(26)16-10-11-19(23(2)3)20(13-16)25(28)29/h4-5,8-11,13,15H,6-7,12,14H2,1-3H3. The minimum Gasteiger partial charge on any atom is -0.372 e. The molecule has 1 saturated heterocycles. The highest BCUT2D eigenvalue weighted by atomic mass is 16.6. The van der Waals surface area contributed by atoms with Crippen molar-refractivity contribution in [2.24, 2.45) is 5.92 Å². The Labute approximate surface area is 170 Å². The fourth-order valence-corrected chi connectivity index (χ4v) is 3.76. The number of carbonyl (C=O) groups is 2. The monoisotopic (exact) mass is 395 g/mol. The molecule has 2 aromatic rings. The first-order valence-corrected chi connectivity index (χ1v) is 9.68. The van der Waals surface area contributed by atoms with Gasteiger partial charge >= 0.3 is 0 Å². The largest absolute Gasteiger partial charge is 0.372 e. The number of likely N-dealkylation sites (tertiary alicyclic amines) is 1. The molecule has 1 fully saturated rings. The Kier molecular flexibility index (Phi) is 5.96. The van der Waals surface area contributed by atoms with Crippen molar-refractivity contribution in [2.75, 3.05) is 32.1 Å². The van der Waals surface area contributed by atoms with Crippen molar-refractivity contribution in [3.05, 3.63) is 69.3 Å². The van der Waals surface area contributed by atoms with Crippen LogP contribution in [0.15, 0.2) is 42.5 Å². The number of hydrogen-bond donors (Lipinski definition) is 0. The fourth-order valence-electron chi connectivity index (χ4n) is 3.76. The van der Waals surface area contributed by atoms with Crippen LogP contribution in [0.25, 0.3) is 0 Å². The molecule has 7 heteroatoms. The second-order valence-corrected chi connectivity index (χ2v) is 7.73. The minimum absolute atomic E-state index is 0.144. The van der Waals surface area contributed by atoms with Gasteiger partial charge in [0.15, 0.2) is 5.78 Å². The van der Waals surface area contributed by atoms with Crippen LogP contribution in [0.4, 0.5) is 11.4 Å². The predicted octanol–water partition coefficient (Wildman–Crippen LogP) is 3.76. The van der Waals surface area contributed by atoms with Crippen molar-refractivity contribution in [3.63, 3.8) is 0 Å². The Morgan fingerprint density at radius 3 is 2.45 bits per heavy atom. The molecule has 0 N–H and O–H groups in total. The number of rotatable bonds is 5. The number of anilines is 1. The van der Waals surface area contributed by atoms with Gasteiger partial charge in [0, 0.05) is 44.4 Å². The smallest absolute Gasteiger partial charge is 0.293 e. The maximum atomic E-state index is 13.2. The number of amides is 1. The second kappa shape index (κ2) is 8.43. The first kappa shape index (κ1) is 20.5. The van der Waals surface area contributed by atoms with Crippen LogP contribution < -0.4 is 4.90 Å². The maximum Gasteiger partial charge on any atom is 0.293 e. The average Bonchev–Trinajstić information content (AvgIpc) is 2.72. The van der Waals surface area contributed by atoms with Crippen LogP contribution in [0.5, 0.6) is 0 Å². The molecule has 2 aromatic carbocycles. The number of nitro benzene ring substituents is 1. The minimum atomic E-state index is -0.502. The Hall–Kier alpha value is -3.22. The molecule has 1 aliphatic heterocycles. The first-order chi connectivity index (χ1) is 13.8. The van der Waals surface area contributed by atoms with Gasteiger partial charge in [-0.15, -0.1) is 0 Å². The van der Waals surface area contributed by atoms with E-state index >= 15 is 0 Å². The third kappa shape index (κ3) is 4.29. The van der Waals surface area contributed by atoms with Crippen LogP contribution in [0.2, 0.25) is 0 Å². The number of benzene rings is 2. The van der Waals surface area contributed by atoms with E-state index < -0.39 is 10.7 Å². The molecule has 1 amide bonds. The van der Waals surface area contributed by atoms with E-state index in [-0.39, 0.29) is 22.7 Å². The summed E-state index contributed by atoms with van der Waals surface area (Å²) in [4.78, 5) is 40.6. The molecule has 1 heterocycles. The van der Waals surface area contributed by atoms with Gasteiger partial charge < -0.3 is 9.80 Å². The van der Waals surface area contributed by atoms with E-state index in [1.54, 1.807) is 60.3 Å². The molecular weight excluding hydrogens is 370 g/mol. The fraction of sp³-hybridized carbons (Fsp3) is 0.364. The van der Waals surface area contributed by atoms with Crippen molar-refractivity contribution in [1.29, 1.82) is 0 Å². The van der Waals surface area contributed by atoms with Gasteiger partial charge in [0.2, 0.25) is 0 Å². The number of carbonyl (C=O) groups excluding carboxylic acids is 2. The summed E-state index contributed by atoms with van der Waals surface area (Å²) in [5.74, 6) is -0.135. The molecular formula is C22H25N3O4. The van der Waals surface area contributed by atoms with Crippen molar-refractivity contribution >= 4 is 23.1 Å². The van der Waals surface area contributed by atoms with E-state index in [9.17, 15) is 19.7 Å². The van der Waals surface area contributed by atoms with E-state index in [1.807, 2.05) is 0 Å². The van der Waals surface area contributed by atoms with Crippen molar-refractivity contribution in [3.8, 4) is 0 Å². The highest BCUT2D eigenvalue weighted by Crippen LogP contribution is 2.29. The van der Waals surface area contributed by atoms with Gasteiger partial charge in [0.05, 0.1) is 10.5 Å². The molecule has 1 unspecified atom stereocenters. The van der Waals surface area contributed by atoms with E-state index in [0.29, 0.717) is 30.3 Å². The number of piperidine rings is 1. The summed E-state index contributed by atoms with van der Waals surface area (Å²) in [6.07, 6.45) is 2.04. The summed E-state index contributed by atoms with van der Waals surface area (Å²) in [5, 5.41) is 11.5. The van der Waals surface area contributed by atoms with Crippen LogP contribution in [-0.2, 0) is 0 Å². The Morgan fingerprint density at radius 1 is 1.14 bits per heavy atom. The zero-order chi connectivity index (χ0) is 21.1. The zero-order valence-corrected chi connectivity index (χ0v) is 16.9. The molecule has 3 rings (SSSR count). The number of hydrogen-bond acceptors (Lipinski definition) is 5. The average molecular weight is 395 g/mol. The Balaban J connectivity index is 1.98. The van der Waals surface area contributed by atoms with E-state index in [4.69, 9.17) is 0 Å². The first-order valence-electron chi connectivity index (χ1n) is 9.68. The molecule has 0 bridgehead atoms. The molecule has 1 aliphatic rings. The molecule has 7 nitrogen and oxygen atoms in total. The number of nitro groups is 1. The summed E-state index contributed by atoms with van der Waals surface area (Å²) < 4.78 is 0. The van der Waals surface area contributed by atoms with Crippen LogP contribution in [0, 0.1) is 16.0 Å². The van der Waals surface area contributed by atoms with Crippen molar-refractivity contribution < 1.29 is 14.5 Å². The lowest BCUT2D eigenvalue weighted by Gasteiger charge is -2.31. The highest BCUT2D eigenvalue weighted by Gasteiger charge is 2.27. The van der Waals surface area contributed by atoms with E-state index in [2.05, 4.69) is 6.92 Å². The highest BCUT2D eigenvalue weighted by molar-refractivity contribution is 6.15. The van der Waals surface area contributed by atoms with E-state index in [1.165, 1.54) is 6.07 Å².